The molecular formula is C24H28N2O5. The van der Waals surface area contributed by atoms with Crippen molar-refractivity contribution in [2.24, 2.45) is 11.7 Å². The molecule has 0 aliphatic carbocycles. The van der Waals surface area contributed by atoms with E-state index in [1.165, 1.54) is 13.2 Å². The van der Waals surface area contributed by atoms with E-state index in [2.05, 4.69) is 6.07 Å². The van der Waals surface area contributed by atoms with Crippen molar-refractivity contribution in [3.05, 3.63) is 53.6 Å². The van der Waals surface area contributed by atoms with Gasteiger partial charge >= 0.3 is 5.97 Å². The number of carbonyl (C=O) groups is 1. The predicted octanol–water partition coefficient (Wildman–Crippen LogP) is 3.95. The van der Waals surface area contributed by atoms with Crippen molar-refractivity contribution in [3.8, 4) is 29.1 Å². The van der Waals surface area contributed by atoms with Crippen LogP contribution in [0.3, 0.4) is 0 Å². The van der Waals surface area contributed by atoms with E-state index in [1.807, 2.05) is 26.8 Å². The summed E-state index contributed by atoms with van der Waals surface area (Å²) in [6.45, 7) is 6.03. The summed E-state index contributed by atoms with van der Waals surface area (Å²) in [6, 6.07) is 11.8. The van der Waals surface area contributed by atoms with Gasteiger partial charge in [-0.3, -0.25) is 0 Å². The molecule has 0 aliphatic heterocycles. The lowest BCUT2D eigenvalue weighted by atomic mass is 9.97. The molecule has 7 nitrogen and oxygen atoms in total. The highest BCUT2D eigenvalue weighted by atomic mass is 16.6. The molecule has 0 saturated carbocycles. The van der Waals surface area contributed by atoms with Gasteiger partial charge in [0.25, 0.3) is 0 Å². The van der Waals surface area contributed by atoms with Crippen molar-refractivity contribution in [3.63, 3.8) is 0 Å². The maximum Gasteiger partial charge on any atom is 0.328 e. The van der Waals surface area contributed by atoms with Crippen molar-refractivity contribution >= 4 is 11.5 Å². The quantitative estimate of drug-likeness (QED) is 0.369. The molecule has 2 aromatic rings. The van der Waals surface area contributed by atoms with Crippen molar-refractivity contribution in [1.82, 2.24) is 0 Å². The Kier molecular flexibility index (Phi) is 8.47. The first kappa shape index (κ1) is 23.8. The van der Waals surface area contributed by atoms with Crippen molar-refractivity contribution in [1.29, 1.82) is 5.26 Å². The van der Waals surface area contributed by atoms with Gasteiger partial charge in [-0.05, 0) is 53.8 Å². The van der Waals surface area contributed by atoms with Crippen LogP contribution in [-0.4, -0.2) is 32.8 Å². The second kappa shape index (κ2) is 11.0. The van der Waals surface area contributed by atoms with Crippen LogP contribution in [0.1, 0.15) is 31.9 Å². The Labute approximate surface area is 183 Å². The molecule has 0 saturated heterocycles. The molecule has 0 aromatic heterocycles. The normalized spacial score (nSPS) is 12.1. The largest absolute Gasteiger partial charge is 0.493 e. The zero-order valence-electron chi connectivity index (χ0n) is 18.5. The summed E-state index contributed by atoms with van der Waals surface area (Å²) in [5.74, 6) is 1.13. The van der Waals surface area contributed by atoms with Crippen LogP contribution < -0.4 is 24.7 Å². The highest BCUT2D eigenvalue weighted by Crippen LogP contribution is 2.36. The number of methoxy groups -OCH3 is 2. The number of hydrogen-bond donors (Lipinski definition) is 1. The van der Waals surface area contributed by atoms with Gasteiger partial charge in [0.05, 0.1) is 26.9 Å². The van der Waals surface area contributed by atoms with E-state index < -0.39 is 12.0 Å². The SMILES string of the molecule is CCOc1cc(/C(=C/C#N)c2ccc(OC)c(OC(=O)C(N)C(C)C)c2)ccc1OC. The number of benzene rings is 2. The minimum Gasteiger partial charge on any atom is -0.493 e. The van der Waals surface area contributed by atoms with Crippen molar-refractivity contribution in [2.75, 3.05) is 20.8 Å². The molecule has 2 N–H and O–H groups in total. The number of nitrogens with zero attached hydrogens (tertiary/aromatic N) is 1. The number of ether oxygens (including phenoxy) is 4. The Balaban J connectivity index is 2.51. The third-order valence-electron chi connectivity index (χ3n) is 4.66. The Bertz CT molecular complexity index is 992. The number of allylic oxidation sites excluding steroid dienone is 1. The summed E-state index contributed by atoms with van der Waals surface area (Å²) in [5, 5.41) is 9.37. The molecule has 1 atom stereocenters. The van der Waals surface area contributed by atoms with E-state index in [9.17, 15) is 10.1 Å². The van der Waals surface area contributed by atoms with Crippen LogP contribution in [-0.2, 0) is 4.79 Å². The van der Waals surface area contributed by atoms with Gasteiger partial charge in [0, 0.05) is 6.08 Å². The van der Waals surface area contributed by atoms with Crippen molar-refractivity contribution < 1.29 is 23.7 Å². The second-order valence-corrected chi connectivity index (χ2v) is 7.04. The van der Waals surface area contributed by atoms with Gasteiger partial charge in [-0.2, -0.15) is 5.26 Å². The van der Waals surface area contributed by atoms with Gasteiger partial charge in [0.15, 0.2) is 23.0 Å². The molecule has 7 heteroatoms. The molecule has 2 aromatic carbocycles. The van der Waals surface area contributed by atoms with Gasteiger partial charge in [0.1, 0.15) is 6.04 Å². The lowest BCUT2D eigenvalue weighted by Crippen LogP contribution is -2.38. The van der Waals surface area contributed by atoms with Crippen LogP contribution in [0, 0.1) is 17.2 Å². The fourth-order valence-corrected chi connectivity index (χ4v) is 2.88. The zero-order valence-corrected chi connectivity index (χ0v) is 18.5. The lowest BCUT2D eigenvalue weighted by molar-refractivity contribution is -0.136. The fourth-order valence-electron chi connectivity index (χ4n) is 2.88. The van der Waals surface area contributed by atoms with Crippen LogP contribution in [0.5, 0.6) is 23.0 Å². The Hall–Kier alpha value is -3.50. The first-order chi connectivity index (χ1) is 14.9. The summed E-state index contributed by atoms with van der Waals surface area (Å²) in [4.78, 5) is 12.4. The smallest absolute Gasteiger partial charge is 0.328 e. The number of carbonyl (C=O) groups excluding carboxylic acids is 1. The van der Waals surface area contributed by atoms with Crippen LogP contribution in [0.15, 0.2) is 42.5 Å². The lowest BCUT2D eigenvalue weighted by Gasteiger charge is -2.17. The number of rotatable bonds is 9. The number of nitrogens with two attached hydrogens (primary N) is 1. The molecule has 164 valence electrons. The summed E-state index contributed by atoms with van der Waals surface area (Å²) < 4.78 is 21.8. The molecule has 0 amide bonds. The summed E-state index contributed by atoms with van der Waals surface area (Å²) in [7, 11) is 3.05. The monoisotopic (exact) mass is 424 g/mol. The van der Waals surface area contributed by atoms with Gasteiger partial charge in [-0.15, -0.1) is 0 Å². The Morgan fingerprint density at radius 1 is 1.03 bits per heavy atom. The average Bonchev–Trinajstić information content (AvgIpc) is 2.77. The zero-order chi connectivity index (χ0) is 23.0. The molecule has 0 bridgehead atoms. The molecular weight excluding hydrogens is 396 g/mol. The van der Waals surface area contributed by atoms with Crippen LogP contribution in [0.2, 0.25) is 0 Å². The summed E-state index contributed by atoms with van der Waals surface area (Å²) in [5.41, 5.74) is 7.94. The van der Waals surface area contributed by atoms with E-state index in [1.54, 1.807) is 37.4 Å². The maximum atomic E-state index is 12.4. The van der Waals surface area contributed by atoms with E-state index in [4.69, 9.17) is 24.7 Å². The number of esters is 1. The molecule has 0 radical (unpaired) electrons. The third-order valence-corrected chi connectivity index (χ3v) is 4.66. The van der Waals surface area contributed by atoms with E-state index in [-0.39, 0.29) is 11.7 Å². The van der Waals surface area contributed by atoms with Crippen LogP contribution >= 0.6 is 0 Å². The molecule has 0 heterocycles. The fraction of sp³-hybridized carbons (Fsp3) is 0.333. The molecule has 2 rings (SSSR count). The molecule has 1 unspecified atom stereocenters. The predicted molar refractivity (Wildman–Crippen MR) is 118 cm³/mol. The van der Waals surface area contributed by atoms with E-state index in [0.717, 1.165) is 5.56 Å². The van der Waals surface area contributed by atoms with Crippen molar-refractivity contribution in [2.45, 2.75) is 26.8 Å². The summed E-state index contributed by atoms with van der Waals surface area (Å²) >= 11 is 0. The highest BCUT2D eigenvalue weighted by Gasteiger charge is 2.22. The van der Waals surface area contributed by atoms with Gasteiger partial charge in [-0.25, -0.2) is 4.79 Å². The highest BCUT2D eigenvalue weighted by molar-refractivity contribution is 5.84. The van der Waals surface area contributed by atoms with Crippen LogP contribution in [0.4, 0.5) is 0 Å². The molecule has 0 aliphatic rings. The molecule has 31 heavy (non-hydrogen) atoms. The Morgan fingerprint density at radius 3 is 2.06 bits per heavy atom. The number of nitriles is 1. The third kappa shape index (κ3) is 5.77. The first-order valence-electron chi connectivity index (χ1n) is 9.92. The topological polar surface area (TPSA) is 104 Å². The maximum absolute atomic E-state index is 12.4. The van der Waals surface area contributed by atoms with Gasteiger partial charge < -0.3 is 24.7 Å². The molecule has 0 fully saturated rings. The van der Waals surface area contributed by atoms with E-state index >= 15 is 0 Å². The standard InChI is InChI=1S/C24H28N2O5/c1-6-30-21-13-16(7-9-19(21)28-4)18(11-12-25)17-8-10-20(29-5)22(14-17)31-24(27)23(26)15(2)3/h7-11,13-15,23H,6,26H2,1-5H3/b18-11-. The van der Waals surface area contributed by atoms with Crippen LogP contribution in [0.25, 0.3) is 5.57 Å². The Morgan fingerprint density at radius 2 is 1.58 bits per heavy atom. The minimum absolute atomic E-state index is 0.0768. The summed E-state index contributed by atoms with van der Waals surface area (Å²) in [6.07, 6.45) is 1.42. The van der Waals surface area contributed by atoms with E-state index in [0.29, 0.717) is 35.0 Å². The minimum atomic E-state index is -0.766. The van der Waals surface area contributed by atoms with Gasteiger partial charge in [0.2, 0.25) is 0 Å². The number of hydrogen-bond acceptors (Lipinski definition) is 7. The first-order valence-corrected chi connectivity index (χ1v) is 9.92. The average molecular weight is 424 g/mol. The molecule has 0 spiro atoms. The second-order valence-electron chi connectivity index (χ2n) is 7.04. The van der Waals surface area contributed by atoms with Gasteiger partial charge in [-0.1, -0.05) is 26.0 Å².